The van der Waals surface area contributed by atoms with E-state index in [1.807, 2.05) is 0 Å². The van der Waals surface area contributed by atoms with Crippen LogP contribution in [0.2, 0.25) is 0 Å². The van der Waals surface area contributed by atoms with E-state index in [4.69, 9.17) is 0 Å². The fourth-order valence-electron chi connectivity index (χ4n) is 1.48. The quantitative estimate of drug-likeness (QED) is 0.657. The average molecular weight is 179 g/mol. The van der Waals surface area contributed by atoms with E-state index in [0.29, 0.717) is 12.0 Å². The number of hydrogen-bond acceptors (Lipinski definition) is 1. The minimum atomic E-state index is 0.569. The molecular formula is C12H21N. The van der Waals surface area contributed by atoms with Crippen LogP contribution < -0.4 is 5.32 Å². The molecule has 1 unspecified atom stereocenters. The van der Waals surface area contributed by atoms with E-state index in [1.54, 1.807) is 0 Å². The van der Waals surface area contributed by atoms with E-state index in [1.165, 1.54) is 31.4 Å². The summed E-state index contributed by atoms with van der Waals surface area (Å²) < 4.78 is 0. The Balaban J connectivity index is 2.33. The Morgan fingerprint density at radius 1 is 1.46 bits per heavy atom. The minimum Gasteiger partial charge on any atom is -0.311 e. The first kappa shape index (κ1) is 10.5. The van der Waals surface area contributed by atoms with Gasteiger partial charge in [0.25, 0.3) is 0 Å². The van der Waals surface area contributed by atoms with Crippen molar-refractivity contribution in [1.29, 1.82) is 0 Å². The van der Waals surface area contributed by atoms with Crippen molar-refractivity contribution in [3.63, 3.8) is 0 Å². The van der Waals surface area contributed by atoms with Crippen molar-refractivity contribution in [1.82, 2.24) is 5.32 Å². The normalized spacial score (nSPS) is 24.1. The van der Waals surface area contributed by atoms with Gasteiger partial charge in [0.1, 0.15) is 0 Å². The highest BCUT2D eigenvalue weighted by molar-refractivity contribution is 5.18. The predicted octanol–water partition coefficient (Wildman–Crippen LogP) is 2.90. The first-order valence-corrected chi connectivity index (χ1v) is 5.30. The lowest BCUT2D eigenvalue weighted by atomic mass is 10.0. The average Bonchev–Trinajstić information content (AvgIpc) is 2.15. The molecule has 0 aromatic rings. The van der Waals surface area contributed by atoms with Gasteiger partial charge in [0.05, 0.1) is 0 Å². The van der Waals surface area contributed by atoms with Crippen LogP contribution >= 0.6 is 0 Å². The molecule has 0 spiro atoms. The molecule has 1 aliphatic heterocycles. The van der Waals surface area contributed by atoms with Crippen molar-refractivity contribution in [3.05, 3.63) is 24.3 Å². The first-order chi connectivity index (χ1) is 6.20. The second kappa shape index (κ2) is 5.23. The summed E-state index contributed by atoms with van der Waals surface area (Å²) >= 11 is 0. The Morgan fingerprint density at radius 2 is 2.23 bits per heavy atom. The third kappa shape index (κ3) is 3.77. The largest absolute Gasteiger partial charge is 0.311 e. The molecule has 0 aromatic heterocycles. The number of rotatable bonds is 3. The molecule has 0 amide bonds. The molecule has 0 saturated carbocycles. The number of piperidine rings is 1. The van der Waals surface area contributed by atoms with E-state index >= 15 is 0 Å². The highest BCUT2D eigenvalue weighted by Crippen LogP contribution is 2.12. The molecule has 1 nitrogen and oxygen atoms in total. The van der Waals surface area contributed by atoms with E-state index < -0.39 is 0 Å². The molecule has 0 radical (unpaired) electrons. The van der Waals surface area contributed by atoms with Crippen LogP contribution in [0, 0.1) is 5.92 Å². The van der Waals surface area contributed by atoms with Crippen LogP contribution in [-0.4, -0.2) is 12.6 Å². The zero-order valence-corrected chi connectivity index (χ0v) is 8.84. The summed E-state index contributed by atoms with van der Waals surface area (Å²) in [7, 11) is 0. The fourth-order valence-corrected chi connectivity index (χ4v) is 1.48. The summed E-state index contributed by atoms with van der Waals surface area (Å²) in [5.74, 6) is 0.569. The van der Waals surface area contributed by atoms with Gasteiger partial charge in [-0.05, 0) is 25.3 Å². The SMILES string of the molecule is C=C(/C=C/C1CCCCN1)C(C)C. The van der Waals surface area contributed by atoms with E-state index in [-0.39, 0.29) is 0 Å². The predicted molar refractivity (Wildman–Crippen MR) is 58.8 cm³/mol. The first-order valence-electron chi connectivity index (χ1n) is 5.30. The third-order valence-electron chi connectivity index (χ3n) is 2.63. The van der Waals surface area contributed by atoms with Gasteiger partial charge in [0.15, 0.2) is 0 Å². The maximum atomic E-state index is 4.02. The maximum Gasteiger partial charge on any atom is 0.0253 e. The second-order valence-corrected chi connectivity index (χ2v) is 4.15. The van der Waals surface area contributed by atoms with E-state index in [2.05, 4.69) is 37.9 Å². The molecular weight excluding hydrogens is 158 g/mol. The Labute approximate surface area is 81.9 Å². The summed E-state index contributed by atoms with van der Waals surface area (Å²) in [6.07, 6.45) is 8.41. The molecule has 74 valence electrons. The molecule has 1 fully saturated rings. The van der Waals surface area contributed by atoms with Gasteiger partial charge in [-0.15, -0.1) is 0 Å². The molecule has 1 aliphatic rings. The Kier molecular flexibility index (Phi) is 4.23. The van der Waals surface area contributed by atoms with Gasteiger partial charge in [-0.3, -0.25) is 0 Å². The van der Waals surface area contributed by atoms with E-state index in [9.17, 15) is 0 Å². The van der Waals surface area contributed by atoms with Crippen molar-refractivity contribution in [3.8, 4) is 0 Å². The van der Waals surface area contributed by atoms with Gasteiger partial charge in [-0.25, -0.2) is 0 Å². The smallest absolute Gasteiger partial charge is 0.0253 e. The number of hydrogen-bond donors (Lipinski definition) is 1. The Hall–Kier alpha value is -0.560. The molecule has 1 atom stereocenters. The van der Waals surface area contributed by atoms with Crippen LogP contribution in [0.25, 0.3) is 0 Å². The molecule has 13 heavy (non-hydrogen) atoms. The van der Waals surface area contributed by atoms with Crippen LogP contribution in [0.15, 0.2) is 24.3 Å². The maximum absolute atomic E-state index is 4.02. The molecule has 1 N–H and O–H groups in total. The molecule has 1 heterocycles. The number of allylic oxidation sites excluding steroid dienone is 2. The summed E-state index contributed by atoms with van der Waals surface area (Å²) in [5, 5.41) is 3.49. The van der Waals surface area contributed by atoms with Crippen molar-refractivity contribution in [2.24, 2.45) is 5.92 Å². The minimum absolute atomic E-state index is 0.569. The summed E-state index contributed by atoms with van der Waals surface area (Å²) in [6, 6.07) is 0.587. The lowest BCUT2D eigenvalue weighted by molar-refractivity contribution is 0.454. The summed E-state index contributed by atoms with van der Waals surface area (Å²) in [4.78, 5) is 0. The van der Waals surface area contributed by atoms with Crippen LogP contribution in [0.3, 0.4) is 0 Å². The van der Waals surface area contributed by atoms with Crippen molar-refractivity contribution in [2.75, 3.05) is 6.54 Å². The van der Waals surface area contributed by atoms with Gasteiger partial charge in [0, 0.05) is 6.04 Å². The lowest BCUT2D eigenvalue weighted by Gasteiger charge is -2.20. The van der Waals surface area contributed by atoms with Gasteiger partial charge >= 0.3 is 0 Å². The molecule has 1 heteroatoms. The van der Waals surface area contributed by atoms with Crippen molar-refractivity contribution >= 4 is 0 Å². The van der Waals surface area contributed by atoms with Crippen molar-refractivity contribution in [2.45, 2.75) is 39.2 Å². The van der Waals surface area contributed by atoms with Gasteiger partial charge in [-0.2, -0.15) is 0 Å². The molecule has 1 rings (SSSR count). The van der Waals surface area contributed by atoms with E-state index in [0.717, 1.165) is 0 Å². The molecule has 0 aromatic carbocycles. The van der Waals surface area contributed by atoms with Crippen LogP contribution in [0.4, 0.5) is 0 Å². The zero-order chi connectivity index (χ0) is 9.68. The zero-order valence-electron chi connectivity index (χ0n) is 8.84. The summed E-state index contributed by atoms with van der Waals surface area (Å²) in [6.45, 7) is 9.56. The third-order valence-corrected chi connectivity index (χ3v) is 2.63. The van der Waals surface area contributed by atoms with Crippen LogP contribution in [0.1, 0.15) is 33.1 Å². The second-order valence-electron chi connectivity index (χ2n) is 4.15. The highest BCUT2D eigenvalue weighted by atomic mass is 14.9. The lowest BCUT2D eigenvalue weighted by Crippen LogP contribution is -2.32. The van der Waals surface area contributed by atoms with Crippen LogP contribution in [0.5, 0.6) is 0 Å². The molecule has 0 bridgehead atoms. The van der Waals surface area contributed by atoms with Crippen molar-refractivity contribution < 1.29 is 0 Å². The molecule has 0 aliphatic carbocycles. The number of nitrogens with one attached hydrogen (secondary N) is 1. The Bertz CT molecular complexity index is 185. The Morgan fingerprint density at radius 3 is 2.77 bits per heavy atom. The topological polar surface area (TPSA) is 12.0 Å². The highest BCUT2D eigenvalue weighted by Gasteiger charge is 2.08. The summed E-state index contributed by atoms with van der Waals surface area (Å²) in [5.41, 5.74) is 1.23. The standard InChI is InChI=1S/C12H21N/c1-10(2)11(3)7-8-12-6-4-5-9-13-12/h7-8,10,12-13H,3-6,9H2,1-2H3/b8-7+. The van der Waals surface area contributed by atoms with Crippen LogP contribution in [-0.2, 0) is 0 Å². The fraction of sp³-hybridized carbons (Fsp3) is 0.667. The van der Waals surface area contributed by atoms with Gasteiger partial charge in [-0.1, -0.05) is 44.6 Å². The molecule has 1 saturated heterocycles. The monoisotopic (exact) mass is 179 g/mol. The van der Waals surface area contributed by atoms with Gasteiger partial charge < -0.3 is 5.32 Å². The van der Waals surface area contributed by atoms with Gasteiger partial charge in [0.2, 0.25) is 0 Å².